The first-order chi connectivity index (χ1) is 14.3. The van der Waals surface area contributed by atoms with Gasteiger partial charge < -0.3 is 19.7 Å². The number of ether oxygens (including phenoxy) is 2. The molecule has 7 nitrogen and oxygen atoms in total. The third-order valence-electron chi connectivity index (χ3n) is 5.36. The van der Waals surface area contributed by atoms with E-state index in [0.717, 1.165) is 43.0 Å². The summed E-state index contributed by atoms with van der Waals surface area (Å²) in [5.41, 5.74) is 2.68. The van der Waals surface area contributed by atoms with Crippen LogP contribution in [0.2, 0.25) is 0 Å². The van der Waals surface area contributed by atoms with Crippen LogP contribution in [0.15, 0.2) is 54.6 Å². The summed E-state index contributed by atoms with van der Waals surface area (Å²) in [4.78, 5) is 14.9. The number of aromatic amines is 1. The van der Waals surface area contributed by atoms with Crippen molar-refractivity contribution >= 4 is 11.7 Å². The Kier molecular flexibility index (Phi) is 4.56. The second-order valence-electron chi connectivity index (χ2n) is 7.33. The third kappa shape index (κ3) is 3.63. The molecule has 0 bridgehead atoms. The molecule has 2 N–H and O–H groups in total. The lowest BCUT2D eigenvalue weighted by atomic mass is 10.0. The molecule has 2 aromatic carbocycles. The minimum absolute atomic E-state index is 0.0681. The van der Waals surface area contributed by atoms with Gasteiger partial charge in [-0.05, 0) is 36.6 Å². The predicted octanol–water partition coefficient (Wildman–Crippen LogP) is 3.20. The molecule has 7 heteroatoms. The molecule has 0 aliphatic carbocycles. The van der Waals surface area contributed by atoms with Crippen LogP contribution in [-0.2, 0) is 0 Å². The number of carbonyl (C=O) groups is 1. The molecule has 3 heterocycles. The fourth-order valence-corrected chi connectivity index (χ4v) is 3.85. The van der Waals surface area contributed by atoms with Crippen LogP contribution in [0, 0.1) is 0 Å². The second kappa shape index (κ2) is 7.50. The van der Waals surface area contributed by atoms with E-state index >= 15 is 0 Å². The third-order valence-corrected chi connectivity index (χ3v) is 5.36. The lowest BCUT2D eigenvalue weighted by molar-refractivity contribution is 0.0932. The maximum absolute atomic E-state index is 12.7. The largest absolute Gasteiger partial charge is 0.454 e. The fourth-order valence-electron chi connectivity index (χ4n) is 3.85. The van der Waals surface area contributed by atoms with E-state index in [9.17, 15) is 4.79 Å². The van der Waals surface area contributed by atoms with Crippen molar-refractivity contribution in [3.05, 3.63) is 60.2 Å². The highest BCUT2D eigenvalue weighted by molar-refractivity contribution is 5.95. The normalized spacial score (nSPS) is 17.9. The summed E-state index contributed by atoms with van der Waals surface area (Å²) in [6.07, 6.45) is 1.95. The number of piperidine rings is 1. The Bertz CT molecular complexity index is 1020. The van der Waals surface area contributed by atoms with Gasteiger partial charge in [0, 0.05) is 30.8 Å². The molecular weight excluding hydrogens is 368 g/mol. The Morgan fingerprint density at radius 2 is 1.97 bits per heavy atom. The Balaban J connectivity index is 1.25. The Hall–Kier alpha value is -3.48. The van der Waals surface area contributed by atoms with E-state index in [2.05, 4.69) is 38.6 Å². The molecule has 3 aromatic rings. The molecule has 148 valence electrons. The first-order valence-corrected chi connectivity index (χ1v) is 9.82. The molecule has 29 heavy (non-hydrogen) atoms. The van der Waals surface area contributed by atoms with Gasteiger partial charge in [-0.25, -0.2) is 0 Å². The smallest absolute Gasteiger partial charge is 0.251 e. The highest BCUT2D eigenvalue weighted by atomic mass is 16.7. The lowest BCUT2D eigenvalue weighted by Crippen LogP contribution is -2.48. The SMILES string of the molecule is O=C(N[C@@H]1CCCN(c2cc(-c3ccccc3)[nH]n2)C1)c1ccc2c(c1)OCO2. The number of carbonyl (C=O) groups excluding carboxylic acids is 1. The molecule has 2 aliphatic rings. The molecule has 0 saturated carbocycles. The molecule has 1 atom stereocenters. The number of H-pyrrole nitrogens is 1. The zero-order valence-electron chi connectivity index (χ0n) is 15.9. The van der Waals surface area contributed by atoms with Crippen molar-refractivity contribution in [3.63, 3.8) is 0 Å². The van der Waals surface area contributed by atoms with E-state index < -0.39 is 0 Å². The van der Waals surface area contributed by atoms with Gasteiger partial charge in [0.25, 0.3) is 5.91 Å². The van der Waals surface area contributed by atoms with Crippen molar-refractivity contribution < 1.29 is 14.3 Å². The quantitative estimate of drug-likeness (QED) is 0.715. The number of rotatable bonds is 4. The average Bonchev–Trinajstić information content (AvgIpc) is 3.44. The number of hydrogen-bond acceptors (Lipinski definition) is 5. The summed E-state index contributed by atoms with van der Waals surface area (Å²) in [6.45, 7) is 1.86. The zero-order chi connectivity index (χ0) is 19.6. The Morgan fingerprint density at radius 3 is 2.86 bits per heavy atom. The molecule has 0 spiro atoms. The number of nitrogens with zero attached hydrogens (tertiary/aromatic N) is 2. The monoisotopic (exact) mass is 390 g/mol. The predicted molar refractivity (Wildman–Crippen MR) is 109 cm³/mol. The Labute approximate surface area is 168 Å². The molecule has 1 fully saturated rings. The van der Waals surface area contributed by atoms with Crippen LogP contribution >= 0.6 is 0 Å². The van der Waals surface area contributed by atoms with Crippen molar-refractivity contribution in [2.45, 2.75) is 18.9 Å². The fraction of sp³-hybridized carbons (Fsp3) is 0.273. The number of nitrogens with one attached hydrogen (secondary N) is 2. The zero-order valence-corrected chi connectivity index (χ0v) is 15.9. The summed E-state index contributed by atoms with van der Waals surface area (Å²) in [6, 6.07) is 17.6. The van der Waals surface area contributed by atoms with Crippen LogP contribution in [0.5, 0.6) is 11.5 Å². The standard InChI is InChI=1S/C22H22N4O3/c27-22(16-8-9-19-20(11-16)29-14-28-19)23-17-7-4-10-26(13-17)21-12-18(24-25-21)15-5-2-1-3-6-15/h1-3,5-6,8-9,11-12,17H,4,7,10,13-14H2,(H,23,27)(H,24,25)/t17-/m1/s1. The van der Waals surface area contributed by atoms with Crippen LogP contribution in [0.1, 0.15) is 23.2 Å². The average molecular weight is 390 g/mol. The summed E-state index contributed by atoms with van der Waals surface area (Å²) in [5, 5.41) is 10.8. The van der Waals surface area contributed by atoms with E-state index in [-0.39, 0.29) is 18.7 Å². The molecule has 0 radical (unpaired) electrons. The summed E-state index contributed by atoms with van der Waals surface area (Å²) in [5.74, 6) is 2.11. The van der Waals surface area contributed by atoms with Crippen molar-refractivity contribution in [2.75, 3.05) is 24.8 Å². The van der Waals surface area contributed by atoms with Gasteiger partial charge in [0.1, 0.15) is 0 Å². The molecular formula is C22H22N4O3. The molecule has 1 amide bonds. The summed E-state index contributed by atoms with van der Waals surface area (Å²) in [7, 11) is 0. The van der Waals surface area contributed by atoms with E-state index in [1.54, 1.807) is 18.2 Å². The van der Waals surface area contributed by atoms with Crippen LogP contribution in [0.25, 0.3) is 11.3 Å². The summed E-state index contributed by atoms with van der Waals surface area (Å²) < 4.78 is 10.7. The van der Waals surface area contributed by atoms with Gasteiger partial charge in [-0.2, -0.15) is 5.10 Å². The number of fused-ring (bicyclic) bond motifs is 1. The highest BCUT2D eigenvalue weighted by Crippen LogP contribution is 2.32. The van der Waals surface area contributed by atoms with Crippen LogP contribution < -0.4 is 19.7 Å². The number of aromatic nitrogens is 2. The van der Waals surface area contributed by atoms with E-state index in [0.29, 0.717) is 17.1 Å². The first kappa shape index (κ1) is 17.6. The van der Waals surface area contributed by atoms with E-state index in [1.807, 2.05) is 18.2 Å². The van der Waals surface area contributed by atoms with Crippen LogP contribution in [-0.4, -0.2) is 42.0 Å². The second-order valence-corrected chi connectivity index (χ2v) is 7.33. The minimum Gasteiger partial charge on any atom is -0.454 e. The first-order valence-electron chi connectivity index (χ1n) is 9.82. The van der Waals surface area contributed by atoms with Gasteiger partial charge in [-0.15, -0.1) is 0 Å². The number of amides is 1. The van der Waals surface area contributed by atoms with Gasteiger partial charge in [0.15, 0.2) is 17.3 Å². The van der Waals surface area contributed by atoms with E-state index in [4.69, 9.17) is 9.47 Å². The number of hydrogen-bond donors (Lipinski definition) is 2. The molecule has 1 aromatic heterocycles. The van der Waals surface area contributed by atoms with Crippen molar-refractivity contribution in [3.8, 4) is 22.8 Å². The molecule has 1 saturated heterocycles. The number of benzene rings is 2. The van der Waals surface area contributed by atoms with Crippen molar-refractivity contribution in [1.82, 2.24) is 15.5 Å². The maximum atomic E-state index is 12.7. The van der Waals surface area contributed by atoms with Gasteiger partial charge in [-0.3, -0.25) is 9.89 Å². The van der Waals surface area contributed by atoms with Crippen molar-refractivity contribution in [2.24, 2.45) is 0 Å². The van der Waals surface area contributed by atoms with Gasteiger partial charge >= 0.3 is 0 Å². The maximum Gasteiger partial charge on any atom is 0.251 e. The number of anilines is 1. The van der Waals surface area contributed by atoms with Crippen LogP contribution in [0.4, 0.5) is 5.82 Å². The van der Waals surface area contributed by atoms with Gasteiger partial charge in [0.2, 0.25) is 6.79 Å². The minimum atomic E-state index is -0.0952. The topological polar surface area (TPSA) is 79.5 Å². The van der Waals surface area contributed by atoms with E-state index in [1.165, 1.54) is 0 Å². The Morgan fingerprint density at radius 1 is 1.10 bits per heavy atom. The summed E-state index contributed by atoms with van der Waals surface area (Å²) >= 11 is 0. The highest BCUT2D eigenvalue weighted by Gasteiger charge is 2.24. The molecule has 0 unspecified atom stereocenters. The lowest BCUT2D eigenvalue weighted by Gasteiger charge is -2.33. The van der Waals surface area contributed by atoms with Gasteiger partial charge in [0.05, 0.1) is 5.69 Å². The van der Waals surface area contributed by atoms with Crippen LogP contribution in [0.3, 0.4) is 0 Å². The molecule has 5 rings (SSSR count). The molecule has 2 aliphatic heterocycles. The van der Waals surface area contributed by atoms with Gasteiger partial charge in [-0.1, -0.05) is 30.3 Å². The van der Waals surface area contributed by atoms with Crippen molar-refractivity contribution in [1.29, 1.82) is 0 Å².